The van der Waals surface area contributed by atoms with Gasteiger partial charge in [0.1, 0.15) is 17.3 Å². The summed E-state index contributed by atoms with van der Waals surface area (Å²) in [5, 5.41) is 0. The van der Waals surface area contributed by atoms with Crippen molar-refractivity contribution in [2.75, 3.05) is 52.4 Å². The average Bonchev–Trinajstić information content (AvgIpc) is 2.46. The van der Waals surface area contributed by atoms with Gasteiger partial charge in [0.05, 0.1) is 13.1 Å². The van der Waals surface area contributed by atoms with Crippen LogP contribution in [0.3, 0.4) is 0 Å². The van der Waals surface area contributed by atoms with E-state index in [0.717, 1.165) is 5.57 Å². The van der Waals surface area contributed by atoms with E-state index >= 15 is 0 Å². The van der Waals surface area contributed by atoms with E-state index in [1.165, 1.54) is 27.3 Å². The number of Topliss-reactive ketones (excluding diaryl/α,β-unsaturated/α-hetero) is 4. The van der Waals surface area contributed by atoms with Gasteiger partial charge in [0.2, 0.25) is 0 Å². The van der Waals surface area contributed by atoms with Crippen LogP contribution in [-0.2, 0) is 51.9 Å². The van der Waals surface area contributed by atoms with Gasteiger partial charge in [-0.05, 0) is 41.2 Å². The minimum Gasteiger partial charge on any atom is -0.427 e. The maximum absolute atomic E-state index is 11.6. The first kappa shape index (κ1) is 29.5. The third kappa shape index (κ3) is 17.4. The second kappa shape index (κ2) is 16.1. The molecule has 8 heteroatoms. The van der Waals surface area contributed by atoms with Crippen molar-refractivity contribution in [2.45, 2.75) is 34.6 Å². The van der Waals surface area contributed by atoms with E-state index in [2.05, 4.69) is 6.58 Å². The molecule has 0 rings (SSSR count). The number of carbonyl (C=O) groups excluding carboxylic acids is 4. The molecule has 0 N–H and O–H groups in total. The summed E-state index contributed by atoms with van der Waals surface area (Å²) in [6.07, 6.45) is 0. The summed E-state index contributed by atoms with van der Waals surface area (Å²) in [6, 6.07) is 0. The fraction of sp³-hybridized carbons (Fsp3) is 0.650. The second-order valence-corrected chi connectivity index (χ2v) is 7.26. The largest absolute Gasteiger partial charge is 0.427 e. The van der Waals surface area contributed by atoms with Crippen LogP contribution in [0.1, 0.15) is 34.6 Å². The van der Waals surface area contributed by atoms with Crippen molar-refractivity contribution in [2.24, 2.45) is 0 Å². The molecule has 0 bridgehead atoms. The Morgan fingerprint density at radius 2 is 1.11 bits per heavy atom. The zero-order valence-electron chi connectivity index (χ0n) is 18.0. The van der Waals surface area contributed by atoms with Crippen molar-refractivity contribution < 1.29 is 51.9 Å². The predicted molar refractivity (Wildman–Crippen MR) is 106 cm³/mol. The molecule has 0 saturated carbocycles. The molecule has 157 valence electrons. The average molecular weight is 469 g/mol. The monoisotopic (exact) mass is 469 g/mol. The molecule has 0 aromatic carbocycles. The van der Waals surface area contributed by atoms with Crippen LogP contribution in [0.15, 0.2) is 12.2 Å². The molecule has 0 amide bonds. The summed E-state index contributed by atoms with van der Waals surface area (Å²) in [5.74, 6) is -0.0251. The van der Waals surface area contributed by atoms with Crippen LogP contribution in [0.25, 0.3) is 0 Å². The van der Waals surface area contributed by atoms with Gasteiger partial charge >= 0.3 is 0 Å². The zero-order chi connectivity index (χ0) is 21.0. The molecule has 0 aliphatic rings. The summed E-state index contributed by atoms with van der Waals surface area (Å²) < 4.78 is 0. The third-order valence-corrected chi connectivity index (χ3v) is 3.61. The smallest absolute Gasteiger partial charge is 0.143 e. The van der Waals surface area contributed by atoms with E-state index in [9.17, 15) is 19.2 Å². The Morgan fingerprint density at radius 3 is 1.54 bits per heavy atom. The number of hydrogen-bond acceptors (Lipinski definition) is 7. The fourth-order valence-electron chi connectivity index (χ4n) is 2.78. The minimum atomic E-state index is -0.122. The van der Waals surface area contributed by atoms with Crippen LogP contribution in [0.4, 0.5) is 0 Å². The van der Waals surface area contributed by atoms with Gasteiger partial charge < -0.3 is 9.69 Å². The number of rotatable bonds is 16. The molecule has 28 heavy (non-hydrogen) atoms. The molecule has 0 atom stereocenters. The molecule has 7 nitrogen and oxygen atoms in total. The Bertz CT molecular complexity index is 480. The van der Waals surface area contributed by atoms with Crippen LogP contribution in [0.2, 0.25) is 0 Å². The molecule has 0 heterocycles. The molecular formula is C20H34N3O4Y-. The zero-order valence-corrected chi connectivity index (χ0v) is 20.8. The Kier molecular flexibility index (Phi) is 17.0. The number of carbonyl (C=O) groups is 4. The first-order chi connectivity index (χ1) is 12.5. The van der Waals surface area contributed by atoms with Crippen LogP contribution >= 0.6 is 0 Å². The summed E-state index contributed by atoms with van der Waals surface area (Å²) in [5.41, 5.74) is 0.970. The van der Waals surface area contributed by atoms with Gasteiger partial charge in [-0.1, -0.05) is 12.2 Å². The van der Waals surface area contributed by atoms with Gasteiger partial charge in [0.25, 0.3) is 0 Å². The van der Waals surface area contributed by atoms with Crippen LogP contribution in [-0.4, -0.2) is 90.2 Å². The van der Waals surface area contributed by atoms with Gasteiger partial charge in [-0.25, -0.2) is 0 Å². The van der Waals surface area contributed by atoms with Gasteiger partial charge in [0.15, 0.2) is 0 Å². The number of nitrogens with zero attached hydrogens (tertiary/aromatic N) is 3. The molecule has 0 unspecified atom stereocenters. The molecule has 0 saturated heterocycles. The van der Waals surface area contributed by atoms with E-state index in [4.69, 9.17) is 0 Å². The van der Waals surface area contributed by atoms with E-state index in [0.29, 0.717) is 39.3 Å². The van der Waals surface area contributed by atoms with Gasteiger partial charge in [-0.2, -0.15) is 0 Å². The Hall–Kier alpha value is -0.726. The topological polar surface area (TPSA) is 78.0 Å². The van der Waals surface area contributed by atoms with Crippen LogP contribution < -0.4 is 0 Å². The van der Waals surface area contributed by atoms with Crippen molar-refractivity contribution in [3.05, 3.63) is 18.7 Å². The summed E-state index contributed by atoms with van der Waals surface area (Å²) >= 11 is 0. The normalized spacial score (nSPS) is 10.7. The van der Waals surface area contributed by atoms with E-state index in [1.807, 2.05) is 16.7 Å². The van der Waals surface area contributed by atoms with Crippen molar-refractivity contribution in [1.82, 2.24) is 14.7 Å². The van der Waals surface area contributed by atoms with Crippen molar-refractivity contribution in [3.63, 3.8) is 0 Å². The maximum atomic E-state index is 11.6. The molecule has 0 spiro atoms. The Labute approximate surface area is 194 Å². The van der Waals surface area contributed by atoms with Gasteiger partial charge in [-0.3, -0.25) is 30.7 Å². The standard InChI is InChI=1S/C20H34N3O4.Y/c1-16(2)11-22(13-18(4)25)9-7-21(12-17(3)24)8-10-23(14-19(5)26)15-20(6)27;/h14H,1,7-13,15H2,2-6H3;/q-1;. The Morgan fingerprint density at radius 1 is 0.679 bits per heavy atom. The number of ketones is 4. The summed E-state index contributed by atoms with van der Waals surface area (Å²) in [4.78, 5) is 51.5. The molecule has 0 aromatic rings. The second-order valence-electron chi connectivity index (χ2n) is 7.26. The first-order valence-electron chi connectivity index (χ1n) is 9.16. The SMILES string of the molecule is C=C(C)CN(CCN(CCN([CH-]C(C)=O)CC(C)=O)CC(C)=O)CC(C)=O.[Y]. The molecule has 0 aliphatic heterocycles. The molecule has 0 fully saturated rings. The van der Waals surface area contributed by atoms with Crippen LogP contribution in [0.5, 0.6) is 0 Å². The van der Waals surface area contributed by atoms with E-state index < -0.39 is 0 Å². The third-order valence-electron chi connectivity index (χ3n) is 3.61. The van der Waals surface area contributed by atoms with E-state index in [-0.39, 0.29) is 68.9 Å². The summed E-state index contributed by atoms with van der Waals surface area (Å²) in [6.45, 7) is 16.9. The first-order valence-corrected chi connectivity index (χ1v) is 9.16. The van der Waals surface area contributed by atoms with Gasteiger partial charge in [-0.15, -0.1) is 0 Å². The minimum absolute atomic E-state index is 0. The molecule has 0 aromatic heterocycles. The van der Waals surface area contributed by atoms with E-state index in [1.54, 1.807) is 11.8 Å². The fourth-order valence-corrected chi connectivity index (χ4v) is 2.78. The summed E-state index contributed by atoms with van der Waals surface area (Å²) in [7, 11) is 0. The van der Waals surface area contributed by atoms with Crippen LogP contribution in [0, 0.1) is 6.54 Å². The number of hydrogen-bond donors (Lipinski definition) is 0. The predicted octanol–water partition coefficient (Wildman–Crippen LogP) is 0.984. The van der Waals surface area contributed by atoms with Crippen molar-refractivity contribution in [3.8, 4) is 0 Å². The maximum Gasteiger partial charge on any atom is 0.143 e. The molecular weight excluding hydrogens is 435 g/mol. The van der Waals surface area contributed by atoms with Crippen molar-refractivity contribution in [1.29, 1.82) is 0 Å². The van der Waals surface area contributed by atoms with Crippen molar-refractivity contribution >= 4 is 23.1 Å². The van der Waals surface area contributed by atoms with Gasteiger partial charge in [0, 0.05) is 71.2 Å². The molecule has 1 radical (unpaired) electrons. The Balaban J connectivity index is 0. The quantitative estimate of drug-likeness (QED) is 0.246. The molecule has 0 aliphatic carbocycles.